The maximum Gasteiger partial charge on any atom is 0.190 e. The molecular formula is C35H34N2O6. The zero-order valence-corrected chi connectivity index (χ0v) is 24.6. The number of methoxy groups -OCH3 is 2. The number of anilines is 1. The summed E-state index contributed by atoms with van der Waals surface area (Å²) in [5.41, 5.74) is 6.03. The van der Waals surface area contributed by atoms with Crippen LogP contribution in [0.2, 0.25) is 0 Å². The predicted octanol–water partition coefficient (Wildman–Crippen LogP) is 6.01. The van der Waals surface area contributed by atoms with Gasteiger partial charge in [-0.05, 0) is 79.6 Å². The smallest absolute Gasteiger partial charge is 0.190 e. The summed E-state index contributed by atoms with van der Waals surface area (Å²) in [4.78, 5) is 19.8. The van der Waals surface area contributed by atoms with Crippen molar-refractivity contribution < 1.29 is 28.8 Å². The first-order valence-corrected chi connectivity index (χ1v) is 14.3. The second kappa shape index (κ2) is 11.8. The third kappa shape index (κ3) is 5.30. The molecule has 2 aliphatic rings. The maximum absolute atomic E-state index is 14.7. The van der Waals surface area contributed by atoms with E-state index < -0.39 is 12.7 Å². The van der Waals surface area contributed by atoms with Crippen LogP contribution < -0.4 is 24.3 Å². The van der Waals surface area contributed by atoms with Gasteiger partial charge in [0.25, 0.3) is 0 Å². The largest absolute Gasteiger partial charge is 0.497 e. The van der Waals surface area contributed by atoms with E-state index in [1.54, 1.807) is 44.6 Å². The summed E-state index contributed by atoms with van der Waals surface area (Å²) >= 11 is 0. The molecule has 6 rings (SSSR count). The highest BCUT2D eigenvalue weighted by Crippen LogP contribution is 2.51. The molecule has 220 valence electrons. The minimum absolute atomic E-state index is 0.147. The Labute approximate surface area is 250 Å². The molecule has 1 aromatic heterocycles. The van der Waals surface area contributed by atoms with Crippen LogP contribution in [0.25, 0.3) is 5.57 Å². The molecule has 8 nitrogen and oxygen atoms in total. The number of pyridine rings is 1. The van der Waals surface area contributed by atoms with Crippen molar-refractivity contribution in [3.63, 3.8) is 0 Å². The van der Waals surface area contributed by atoms with E-state index in [1.165, 1.54) is 0 Å². The number of carbonyl (C=O) groups is 1. The van der Waals surface area contributed by atoms with E-state index in [0.717, 1.165) is 40.4 Å². The molecule has 0 saturated carbocycles. The Morgan fingerprint density at radius 3 is 2.44 bits per heavy atom. The van der Waals surface area contributed by atoms with Gasteiger partial charge in [0.05, 0.1) is 32.4 Å². The van der Waals surface area contributed by atoms with Gasteiger partial charge in [-0.1, -0.05) is 12.1 Å². The van der Waals surface area contributed by atoms with Crippen LogP contribution in [0.15, 0.2) is 78.4 Å². The molecule has 0 saturated heterocycles. The van der Waals surface area contributed by atoms with E-state index in [1.807, 2.05) is 30.3 Å². The lowest BCUT2D eigenvalue weighted by Gasteiger charge is -2.19. The van der Waals surface area contributed by atoms with Crippen molar-refractivity contribution in [2.75, 3.05) is 32.9 Å². The van der Waals surface area contributed by atoms with Gasteiger partial charge in [0.1, 0.15) is 28.8 Å². The topological polar surface area (TPSA) is 99.1 Å². The second-order valence-electron chi connectivity index (χ2n) is 10.8. The Kier molecular flexibility index (Phi) is 7.78. The first-order chi connectivity index (χ1) is 20.9. The van der Waals surface area contributed by atoms with Crippen LogP contribution in [0, 0.1) is 0 Å². The van der Waals surface area contributed by atoms with Crippen LogP contribution in [0.1, 0.15) is 58.1 Å². The van der Waals surface area contributed by atoms with E-state index in [0.29, 0.717) is 46.1 Å². The summed E-state index contributed by atoms with van der Waals surface area (Å²) in [7, 11) is 3.16. The van der Waals surface area contributed by atoms with E-state index in [-0.39, 0.29) is 11.8 Å². The molecule has 1 aliphatic heterocycles. The number of rotatable bonds is 10. The number of benzene rings is 3. The third-order valence-corrected chi connectivity index (χ3v) is 7.79. The average molecular weight is 579 g/mol. The summed E-state index contributed by atoms with van der Waals surface area (Å²) in [6, 6.07) is 22.8. The van der Waals surface area contributed by atoms with Crippen LogP contribution in [-0.4, -0.2) is 49.5 Å². The Balaban J connectivity index is 1.64. The van der Waals surface area contributed by atoms with E-state index >= 15 is 0 Å². The molecule has 3 aromatic carbocycles. The Morgan fingerprint density at radius 1 is 0.977 bits per heavy atom. The highest BCUT2D eigenvalue weighted by molar-refractivity contribution is 6.18. The molecular weight excluding hydrogens is 544 g/mol. The minimum Gasteiger partial charge on any atom is -0.497 e. The SMILES string of the molecule is COc1ccc(C(=O)C2=C(c3ccc(OC)cc3OCO)c3ccc(NC(C)C)nc3C2c2ccc3c(c2)OCC3)cc1. The number of Topliss-reactive ketones (excluding diaryl/α,β-unsaturated/α-hetero) is 1. The first-order valence-electron chi connectivity index (χ1n) is 14.3. The molecule has 2 heterocycles. The van der Waals surface area contributed by atoms with Crippen molar-refractivity contribution in [1.29, 1.82) is 0 Å². The number of nitrogens with zero attached hydrogens (tertiary/aromatic N) is 1. The monoisotopic (exact) mass is 578 g/mol. The molecule has 0 amide bonds. The molecule has 1 aliphatic carbocycles. The molecule has 0 spiro atoms. The number of ketones is 1. The fraction of sp³-hybridized carbons (Fsp3) is 0.257. The molecule has 0 fully saturated rings. The van der Waals surface area contributed by atoms with Gasteiger partial charge in [-0.3, -0.25) is 4.79 Å². The Bertz CT molecular complexity index is 1710. The van der Waals surface area contributed by atoms with Gasteiger partial charge in [-0.15, -0.1) is 0 Å². The van der Waals surface area contributed by atoms with Gasteiger partial charge >= 0.3 is 0 Å². The number of nitrogens with one attached hydrogen (secondary N) is 1. The Hall–Kier alpha value is -4.82. The van der Waals surface area contributed by atoms with Gasteiger partial charge in [0, 0.05) is 46.4 Å². The lowest BCUT2D eigenvalue weighted by Crippen LogP contribution is -2.15. The zero-order valence-electron chi connectivity index (χ0n) is 24.6. The van der Waals surface area contributed by atoms with Crippen molar-refractivity contribution in [1.82, 2.24) is 4.98 Å². The second-order valence-corrected chi connectivity index (χ2v) is 10.8. The highest BCUT2D eigenvalue weighted by Gasteiger charge is 2.40. The third-order valence-electron chi connectivity index (χ3n) is 7.79. The molecule has 43 heavy (non-hydrogen) atoms. The molecule has 4 aromatic rings. The van der Waals surface area contributed by atoms with Gasteiger partial charge in [0.15, 0.2) is 12.6 Å². The van der Waals surface area contributed by atoms with Gasteiger partial charge in [-0.25, -0.2) is 4.98 Å². The lowest BCUT2D eigenvalue weighted by atomic mass is 9.85. The fourth-order valence-electron chi connectivity index (χ4n) is 5.85. The summed E-state index contributed by atoms with van der Waals surface area (Å²) in [6.45, 7) is 4.21. The maximum atomic E-state index is 14.7. The van der Waals surface area contributed by atoms with E-state index in [2.05, 4.69) is 31.3 Å². The molecule has 2 N–H and O–H groups in total. The molecule has 1 unspecified atom stereocenters. The summed E-state index contributed by atoms with van der Waals surface area (Å²) in [5, 5.41) is 13.2. The first kappa shape index (κ1) is 28.3. The zero-order chi connectivity index (χ0) is 30.1. The number of fused-ring (bicyclic) bond motifs is 2. The number of ether oxygens (including phenoxy) is 4. The van der Waals surface area contributed by atoms with Crippen LogP contribution in [-0.2, 0) is 6.42 Å². The normalized spacial score (nSPS) is 15.2. The quantitative estimate of drug-likeness (QED) is 0.174. The van der Waals surface area contributed by atoms with Crippen LogP contribution in [0.4, 0.5) is 5.82 Å². The van der Waals surface area contributed by atoms with Gasteiger partial charge in [-0.2, -0.15) is 0 Å². The fourth-order valence-corrected chi connectivity index (χ4v) is 5.85. The molecule has 8 heteroatoms. The van der Waals surface area contributed by atoms with Crippen LogP contribution in [0.5, 0.6) is 23.0 Å². The molecule has 1 atom stereocenters. The Morgan fingerprint density at radius 2 is 1.72 bits per heavy atom. The van der Waals surface area contributed by atoms with E-state index in [4.69, 9.17) is 23.9 Å². The van der Waals surface area contributed by atoms with Crippen molar-refractivity contribution in [3.8, 4) is 23.0 Å². The molecule has 0 bridgehead atoms. The number of allylic oxidation sites excluding steroid dienone is 1. The number of aliphatic hydroxyl groups is 1. The van der Waals surface area contributed by atoms with Crippen molar-refractivity contribution in [2.45, 2.75) is 32.2 Å². The standard InChI is InChI=1S/C35H34N2O6/c1-20(2)36-30-14-13-27-32(26-12-11-25(41-4)18-29(26)43-19-38)33(35(39)22-7-9-24(40-3)10-8-22)31(34(27)37-30)23-6-5-21-15-16-42-28(21)17-23/h5-14,17-18,20,31,38H,15-16,19H2,1-4H3,(H,36,37). The number of aromatic nitrogens is 1. The number of hydrogen-bond donors (Lipinski definition) is 2. The highest BCUT2D eigenvalue weighted by atomic mass is 16.6. The van der Waals surface area contributed by atoms with Crippen molar-refractivity contribution in [3.05, 3.63) is 112 Å². The number of aliphatic hydroxyl groups excluding tert-OH is 1. The summed E-state index contributed by atoms with van der Waals surface area (Å²) < 4.78 is 22.5. The number of carbonyl (C=O) groups excluding carboxylic acids is 1. The minimum atomic E-state index is -0.539. The average Bonchev–Trinajstić information content (AvgIpc) is 3.62. The predicted molar refractivity (Wildman–Crippen MR) is 165 cm³/mol. The molecule has 0 radical (unpaired) electrons. The number of hydrogen-bond acceptors (Lipinski definition) is 8. The van der Waals surface area contributed by atoms with E-state index in [9.17, 15) is 9.90 Å². The van der Waals surface area contributed by atoms with Crippen LogP contribution >= 0.6 is 0 Å². The van der Waals surface area contributed by atoms with Gasteiger partial charge < -0.3 is 29.4 Å². The van der Waals surface area contributed by atoms with Crippen molar-refractivity contribution >= 4 is 17.2 Å². The summed E-state index contributed by atoms with van der Waals surface area (Å²) in [5.74, 6) is 2.52. The summed E-state index contributed by atoms with van der Waals surface area (Å²) in [6.07, 6.45) is 0.851. The van der Waals surface area contributed by atoms with Crippen molar-refractivity contribution in [2.24, 2.45) is 0 Å². The van der Waals surface area contributed by atoms with Crippen LogP contribution in [0.3, 0.4) is 0 Å². The lowest BCUT2D eigenvalue weighted by molar-refractivity contribution is 0.0980. The van der Waals surface area contributed by atoms with Gasteiger partial charge in [0.2, 0.25) is 0 Å².